The molecule has 1 aromatic heterocycles. The number of H-pyrrole nitrogens is 1. The summed E-state index contributed by atoms with van der Waals surface area (Å²) < 4.78 is 5.00. The second kappa shape index (κ2) is 8.82. The predicted octanol–water partition coefficient (Wildman–Crippen LogP) is 2.91. The first-order chi connectivity index (χ1) is 11.9. The summed E-state index contributed by atoms with van der Waals surface area (Å²) in [5, 5.41) is 2.99. The first-order valence-corrected chi connectivity index (χ1v) is 8.97. The number of para-hydroxylation sites is 1. The highest BCUT2D eigenvalue weighted by atomic mass is 32.2. The first-order valence-electron chi connectivity index (χ1n) is 8.09. The quantitative estimate of drug-likeness (QED) is 0.585. The van der Waals surface area contributed by atoms with Gasteiger partial charge >= 0.3 is 0 Å². The number of aryl methyl sites for hydroxylation is 2. The Morgan fingerprint density at radius 1 is 1.44 bits per heavy atom. The van der Waals surface area contributed by atoms with E-state index in [1.54, 1.807) is 14.0 Å². The van der Waals surface area contributed by atoms with E-state index in [4.69, 9.17) is 4.74 Å². The van der Waals surface area contributed by atoms with Crippen LogP contribution in [0.5, 0.6) is 0 Å². The fourth-order valence-corrected chi connectivity index (χ4v) is 3.24. The molecule has 2 rings (SSSR count). The van der Waals surface area contributed by atoms with E-state index in [1.807, 2.05) is 25.1 Å². The number of anilines is 1. The van der Waals surface area contributed by atoms with E-state index in [9.17, 15) is 9.59 Å². The largest absolute Gasteiger partial charge is 0.378 e. The molecule has 134 valence electrons. The van der Waals surface area contributed by atoms with Gasteiger partial charge in [-0.2, -0.15) is 0 Å². The van der Waals surface area contributed by atoms with Crippen LogP contribution in [0.1, 0.15) is 30.7 Å². The van der Waals surface area contributed by atoms with E-state index < -0.39 is 5.25 Å². The number of hydrogen-bond donors (Lipinski definition) is 2. The van der Waals surface area contributed by atoms with Crippen LogP contribution in [0, 0.1) is 6.92 Å². The van der Waals surface area contributed by atoms with Gasteiger partial charge < -0.3 is 15.0 Å². The van der Waals surface area contributed by atoms with Gasteiger partial charge in [0, 0.05) is 18.9 Å². The fraction of sp³-hybridized carbons (Fsp3) is 0.389. The number of nitrogens with zero attached hydrogens (tertiary/aromatic N) is 1. The normalized spacial score (nSPS) is 12.0. The molecule has 0 saturated carbocycles. The number of rotatable bonds is 7. The van der Waals surface area contributed by atoms with Crippen molar-refractivity contribution in [3.8, 4) is 0 Å². The monoisotopic (exact) mass is 361 g/mol. The van der Waals surface area contributed by atoms with Gasteiger partial charge in [-0.15, -0.1) is 0 Å². The van der Waals surface area contributed by atoms with Crippen molar-refractivity contribution in [1.82, 2.24) is 9.97 Å². The van der Waals surface area contributed by atoms with Crippen LogP contribution >= 0.6 is 11.8 Å². The minimum atomic E-state index is -0.412. The third-order valence-corrected chi connectivity index (χ3v) is 4.70. The number of thioether (sulfide) groups is 1. The molecule has 0 aliphatic rings. The summed E-state index contributed by atoms with van der Waals surface area (Å²) in [5.41, 5.74) is 3.26. The van der Waals surface area contributed by atoms with E-state index in [-0.39, 0.29) is 18.1 Å². The Balaban J connectivity index is 2.12. The molecule has 1 heterocycles. The number of amides is 1. The van der Waals surface area contributed by atoms with Crippen molar-refractivity contribution in [2.24, 2.45) is 0 Å². The summed E-state index contributed by atoms with van der Waals surface area (Å²) in [6.07, 6.45) is 0.840. The van der Waals surface area contributed by atoms with Gasteiger partial charge in [-0.3, -0.25) is 9.59 Å². The number of aromatic nitrogens is 2. The molecule has 0 aliphatic carbocycles. The van der Waals surface area contributed by atoms with Crippen LogP contribution in [0.2, 0.25) is 0 Å². The average molecular weight is 361 g/mol. The number of nitrogens with one attached hydrogen (secondary N) is 2. The van der Waals surface area contributed by atoms with Crippen molar-refractivity contribution in [2.75, 3.05) is 12.4 Å². The Labute approximate surface area is 151 Å². The SMILES string of the molecule is CCc1cccc(C)c1NC(=O)C(C)Sc1nc(COC)cc(=O)[nH]1. The maximum Gasteiger partial charge on any atom is 0.251 e. The molecular weight excluding hydrogens is 338 g/mol. The lowest BCUT2D eigenvalue weighted by Crippen LogP contribution is -2.24. The summed E-state index contributed by atoms with van der Waals surface area (Å²) in [5.74, 6) is -0.131. The third-order valence-electron chi connectivity index (χ3n) is 3.71. The van der Waals surface area contributed by atoms with Gasteiger partial charge in [-0.1, -0.05) is 36.9 Å². The molecule has 1 atom stereocenters. The van der Waals surface area contributed by atoms with Gasteiger partial charge in [-0.25, -0.2) is 4.98 Å². The Bertz CT molecular complexity index is 804. The number of ether oxygens (including phenoxy) is 1. The predicted molar refractivity (Wildman–Crippen MR) is 100 cm³/mol. The number of carbonyl (C=O) groups is 1. The van der Waals surface area contributed by atoms with Crippen LogP contribution in [0.4, 0.5) is 5.69 Å². The zero-order valence-electron chi connectivity index (χ0n) is 14.9. The molecule has 0 bridgehead atoms. The number of methoxy groups -OCH3 is 1. The minimum absolute atomic E-state index is 0.131. The average Bonchev–Trinajstić information content (AvgIpc) is 2.56. The molecule has 0 aliphatic heterocycles. The lowest BCUT2D eigenvalue weighted by atomic mass is 10.1. The van der Waals surface area contributed by atoms with Gasteiger partial charge in [0.25, 0.3) is 5.56 Å². The highest BCUT2D eigenvalue weighted by molar-refractivity contribution is 8.00. The molecule has 0 fully saturated rings. The number of aromatic amines is 1. The van der Waals surface area contributed by atoms with Crippen molar-refractivity contribution in [3.05, 3.63) is 51.4 Å². The summed E-state index contributed by atoms with van der Waals surface area (Å²) >= 11 is 1.21. The maximum absolute atomic E-state index is 12.6. The van der Waals surface area contributed by atoms with Gasteiger partial charge in [0.1, 0.15) is 0 Å². The standard InChI is InChI=1S/C18H23N3O3S/c1-5-13-8-6-7-11(2)16(13)21-17(23)12(3)25-18-19-14(10-24-4)9-15(22)20-18/h6-9,12H,5,10H2,1-4H3,(H,21,23)(H,19,20,22). The molecular formula is C18H23N3O3S. The first kappa shape index (κ1) is 19.2. The Morgan fingerprint density at radius 3 is 2.88 bits per heavy atom. The second-order valence-corrected chi connectivity index (χ2v) is 7.02. The van der Waals surface area contributed by atoms with Crippen LogP contribution in [-0.4, -0.2) is 28.2 Å². The molecule has 0 radical (unpaired) electrons. The number of benzene rings is 1. The van der Waals surface area contributed by atoms with Crippen LogP contribution < -0.4 is 10.9 Å². The molecule has 6 nitrogen and oxygen atoms in total. The molecule has 0 spiro atoms. The summed E-state index contributed by atoms with van der Waals surface area (Å²) in [6.45, 7) is 6.06. The molecule has 2 N–H and O–H groups in total. The molecule has 1 amide bonds. The van der Waals surface area contributed by atoms with Crippen LogP contribution in [0.15, 0.2) is 34.2 Å². The van der Waals surface area contributed by atoms with Crippen LogP contribution in [-0.2, 0) is 22.6 Å². The lowest BCUT2D eigenvalue weighted by Gasteiger charge is -2.16. The van der Waals surface area contributed by atoms with E-state index in [0.717, 1.165) is 23.2 Å². The summed E-state index contributed by atoms with van der Waals surface area (Å²) in [4.78, 5) is 31.2. The smallest absolute Gasteiger partial charge is 0.251 e. The second-order valence-electron chi connectivity index (χ2n) is 5.69. The van der Waals surface area contributed by atoms with Gasteiger partial charge in [0.05, 0.1) is 17.6 Å². The van der Waals surface area contributed by atoms with Crippen molar-refractivity contribution in [3.63, 3.8) is 0 Å². The Kier molecular flexibility index (Phi) is 6.78. The third kappa shape index (κ3) is 5.17. The topological polar surface area (TPSA) is 84.1 Å². The van der Waals surface area contributed by atoms with Crippen LogP contribution in [0.25, 0.3) is 0 Å². The molecule has 2 aromatic rings. The fourth-order valence-electron chi connectivity index (χ4n) is 2.41. The highest BCUT2D eigenvalue weighted by Gasteiger charge is 2.18. The zero-order valence-corrected chi connectivity index (χ0v) is 15.7. The van der Waals surface area contributed by atoms with Crippen molar-refractivity contribution in [2.45, 2.75) is 44.2 Å². The molecule has 1 aromatic carbocycles. The molecule has 1 unspecified atom stereocenters. The molecule has 7 heteroatoms. The molecule has 25 heavy (non-hydrogen) atoms. The molecule has 0 saturated heterocycles. The number of carbonyl (C=O) groups excluding carboxylic acids is 1. The van der Waals surface area contributed by atoms with Crippen LogP contribution in [0.3, 0.4) is 0 Å². The Hall–Kier alpha value is -2.12. The van der Waals surface area contributed by atoms with Crippen molar-refractivity contribution >= 4 is 23.4 Å². The van der Waals surface area contributed by atoms with E-state index >= 15 is 0 Å². The van der Waals surface area contributed by atoms with E-state index in [2.05, 4.69) is 22.2 Å². The van der Waals surface area contributed by atoms with E-state index in [1.165, 1.54) is 17.8 Å². The van der Waals surface area contributed by atoms with Crippen molar-refractivity contribution < 1.29 is 9.53 Å². The van der Waals surface area contributed by atoms with Gasteiger partial charge in [-0.05, 0) is 31.4 Å². The summed E-state index contributed by atoms with van der Waals surface area (Å²) in [6, 6.07) is 7.35. The summed E-state index contributed by atoms with van der Waals surface area (Å²) in [7, 11) is 1.54. The van der Waals surface area contributed by atoms with Gasteiger partial charge in [0.15, 0.2) is 5.16 Å². The number of hydrogen-bond acceptors (Lipinski definition) is 5. The Morgan fingerprint density at radius 2 is 2.20 bits per heavy atom. The zero-order chi connectivity index (χ0) is 18.4. The van der Waals surface area contributed by atoms with E-state index in [0.29, 0.717) is 10.9 Å². The maximum atomic E-state index is 12.6. The van der Waals surface area contributed by atoms with Crippen molar-refractivity contribution in [1.29, 1.82) is 0 Å². The highest BCUT2D eigenvalue weighted by Crippen LogP contribution is 2.24. The van der Waals surface area contributed by atoms with Gasteiger partial charge in [0.2, 0.25) is 5.91 Å². The lowest BCUT2D eigenvalue weighted by molar-refractivity contribution is -0.115. The minimum Gasteiger partial charge on any atom is -0.378 e.